The summed E-state index contributed by atoms with van der Waals surface area (Å²) in [4.78, 5) is 7.49. The van der Waals surface area contributed by atoms with Crippen LogP contribution in [0.3, 0.4) is 0 Å². The molecule has 0 fully saturated rings. The van der Waals surface area contributed by atoms with E-state index in [0.29, 0.717) is 0 Å². The first kappa shape index (κ1) is 10.2. The molecule has 0 saturated heterocycles. The quantitative estimate of drug-likeness (QED) is 0.846. The number of hydrogen-bond acceptors (Lipinski definition) is 1. The van der Waals surface area contributed by atoms with Crippen molar-refractivity contribution in [2.75, 3.05) is 0 Å². The molecule has 78 valence electrons. The Balaban J connectivity index is 1.96. The first-order valence-corrected chi connectivity index (χ1v) is 5.37. The van der Waals surface area contributed by atoms with Gasteiger partial charge in [0, 0.05) is 23.3 Å². The van der Waals surface area contributed by atoms with Crippen molar-refractivity contribution in [1.82, 2.24) is 9.97 Å². The van der Waals surface area contributed by atoms with Gasteiger partial charge in [-0.2, -0.15) is 0 Å². The molecule has 0 radical (unpaired) electrons. The lowest BCUT2D eigenvalue weighted by molar-refractivity contribution is 0.881. The van der Waals surface area contributed by atoms with Gasteiger partial charge < -0.3 is 4.98 Å². The first-order chi connectivity index (χ1) is 7.24. The Labute approximate surface area is 94.3 Å². The fourth-order valence-corrected chi connectivity index (χ4v) is 1.63. The Bertz CT molecular complexity index is 431. The van der Waals surface area contributed by atoms with Crippen LogP contribution in [-0.4, -0.2) is 9.97 Å². The van der Waals surface area contributed by atoms with Gasteiger partial charge in [0.1, 0.15) is 5.82 Å². The molecule has 2 aromatic rings. The zero-order valence-electron chi connectivity index (χ0n) is 8.63. The van der Waals surface area contributed by atoms with Crippen LogP contribution < -0.4 is 0 Å². The van der Waals surface area contributed by atoms with Crippen molar-refractivity contribution < 1.29 is 0 Å². The minimum Gasteiger partial charge on any atom is -0.346 e. The summed E-state index contributed by atoms with van der Waals surface area (Å²) in [5.41, 5.74) is 2.40. The van der Waals surface area contributed by atoms with Gasteiger partial charge in [0.05, 0.1) is 0 Å². The van der Waals surface area contributed by atoms with Crippen molar-refractivity contribution in [3.8, 4) is 0 Å². The van der Waals surface area contributed by atoms with Gasteiger partial charge in [-0.05, 0) is 31.0 Å². The van der Waals surface area contributed by atoms with Crippen molar-refractivity contribution in [2.24, 2.45) is 0 Å². The van der Waals surface area contributed by atoms with Gasteiger partial charge in [0.15, 0.2) is 0 Å². The third-order valence-electron chi connectivity index (χ3n) is 2.32. The van der Waals surface area contributed by atoms with Gasteiger partial charge in [-0.15, -0.1) is 0 Å². The molecular formula is C12H13ClN2. The van der Waals surface area contributed by atoms with Crippen LogP contribution in [-0.2, 0) is 12.8 Å². The van der Waals surface area contributed by atoms with E-state index >= 15 is 0 Å². The summed E-state index contributed by atoms with van der Waals surface area (Å²) in [5.74, 6) is 1.04. The van der Waals surface area contributed by atoms with E-state index in [4.69, 9.17) is 11.6 Å². The molecule has 2 rings (SSSR count). The molecule has 0 spiro atoms. The summed E-state index contributed by atoms with van der Waals surface area (Å²) in [6, 6.07) is 7.95. The number of nitrogens with zero attached hydrogens (tertiary/aromatic N) is 1. The molecule has 1 aromatic heterocycles. The summed E-state index contributed by atoms with van der Waals surface area (Å²) in [6.45, 7) is 2.01. The molecule has 0 aliphatic rings. The van der Waals surface area contributed by atoms with Crippen LogP contribution >= 0.6 is 11.6 Å². The van der Waals surface area contributed by atoms with Crippen LogP contribution in [0.1, 0.15) is 17.1 Å². The van der Waals surface area contributed by atoms with Crippen LogP contribution in [0.25, 0.3) is 0 Å². The Morgan fingerprint density at radius 2 is 1.93 bits per heavy atom. The van der Waals surface area contributed by atoms with Crippen molar-refractivity contribution in [1.29, 1.82) is 0 Å². The van der Waals surface area contributed by atoms with Crippen molar-refractivity contribution in [2.45, 2.75) is 19.8 Å². The number of aryl methyl sites for hydroxylation is 3. The van der Waals surface area contributed by atoms with Gasteiger partial charge in [-0.25, -0.2) is 4.98 Å². The molecule has 15 heavy (non-hydrogen) atoms. The molecule has 0 bridgehead atoms. The number of imidazole rings is 1. The van der Waals surface area contributed by atoms with Gasteiger partial charge in [0.25, 0.3) is 0 Å². The number of halogens is 1. The zero-order valence-corrected chi connectivity index (χ0v) is 9.38. The largest absolute Gasteiger partial charge is 0.346 e. The maximum Gasteiger partial charge on any atom is 0.106 e. The second-order valence-electron chi connectivity index (χ2n) is 3.64. The number of hydrogen-bond donors (Lipinski definition) is 1. The van der Waals surface area contributed by atoms with Crippen LogP contribution in [0.15, 0.2) is 30.5 Å². The number of benzene rings is 1. The molecule has 0 atom stereocenters. The van der Waals surface area contributed by atoms with Gasteiger partial charge in [-0.1, -0.05) is 23.7 Å². The average Bonchev–Trinajstić information content (AvgIpc) is 2.64. The molecule has 2 nitrogen and oxygen atoms in total. The Hall–Kier alpha value is -1.28. The van der Waals surface area contributed by atoms with Crippen LogP contribution in [0.2, 0.25) is 5.02 Å². The first-order valence-electron chi connectivity index (χ1n) is 4.99. The molecule has 1 N–H and O–H groups in total. The van der Waals surface area contributed by atoms with E-state index < -0.39 is 0 Å². The number of aromatic nitrogens is 2. The Kier molecular flexibility index (Phi) is 3.07. The topological polar surface area (TPSA) is 28.7 Å². The van der Waals surface area contributed by atoms with E-state index in [1.165, 1.54) is 5.56 Å². The summed E-state index contributed by atoms with van der Waals surface area (Å²) in [6.07, 6.45) is 3.79. The van der Waals surface area contributed by atoms with E-state index in [9.17, 15) is 0 Å². The molecule has 0 unspecified atom stereocenters. The van der Waals surface area contributed by atoms with Crippen molar-refractivity contribution >= 4 is 11.6 Å². The lowest BCUT2D eigenvalue weighted by atomic mass is 10.1. The highest BCUT2D eigenvalue weighted by molar-refractivity contribution is 6.30. The summed E-state index contributed by atoms with van der Waals surface area (Å²) >= 11 is 5.81. The smallest absolute Gasteiger partial charge is 0.106 e. The highest BCUT2D eigenvalue weighted by Crippen LogP contribution is 2.11. The Morgan fingerprint density at radius 3 is 2.53 bits per heavy atom. The fraction of sp³-hybridized carbons (Fsp3) is 0.250. The number of aromatic amines is 1. The maximum absolute atomic E-state index is 5.81. The van der Waals surface area contributed by atoms with Crippen molar-refractivity contribution in [3.63, 3.8) is 0 Å². The van der Waals surface area contributed by atoms with Crippen LogP contribution in [0.4, 0.5) is 0 Å². The normalized spacial score (nSPS) is 10.5. The summed E-state index contributed by atoms with van der Waals surface area (Å²) < 4.78 is 0. The fourth-order valence-electron chi connectivity index (χ4n) is 1.51. The number of H-pyrrole nitrogens is 1. The second-order valence-corrected chi connectivity index (χ2v) is 4.08. The van der Waals surface area contributed by atoms with E-state index in [0.717, 1.165) is 29.4 Å². The van der Waals surface area contributed by atoms with Crippen molar-refractivity contribution in [3.05, 3.63) is 52.6 Å². The minimum absolute atomic E-state index is 0.785. The molecule has 0 amide bonds. The lowest BCUT2D eigenvalue weighted by Gasteiger charge is -1.99. The monoisotopic (exact) mass is 220 g/mol. The van der Waals surface area contributed by atoms with E-state index in [1.54, 1.807) is 0 Å². The van der Waals surface area contributed by atoms with E-state index in [2.05, 4.69) is 22.1 Å². The van der Waals surface area contributed by atoms with Crippen LogP contribution in [0.5, 0.6) is 0 Å². The number of nitrogens with one attached hydrogen (secondary N) is 1. The molecule has 0 saturated carbocycles. The van der Waals surface area contributed by atoms with E-state index in [-0.39, 0.29) is 0 Å². The second kappa shape index (κ2) is 4.49. The molecule has 3 heteroatoms. The highest BCUT2D eigenvalue weighted by atomic mass is 35.5. The zero-order chi connectivity index (χ0) is 10.7. The minimum atomic E-state index is 0.785. The standard InChI is InChI=1S/C12H13ClN2/c1-9-8-14-12(15-9)7-4-10-2-5-11(13)6-3-10/h2-3,5-6,8H,4,7H2,1H3,(H,14,15). The SMILES string of the molecule is Cc1cnc(CCc2ccc(Cl)cc2)[nH]1. The molecule has 1 aromatic carbocycles. The van der Waals surface area contributed by atoms with Gasteiger partial charge >= 0.3 is 0 Å². The molecule has 0 aliphatic heterocycles. The van der Waals surface area contributed by atoms with Gasteiger partial charge in [0.2, 0.25) is 0 Å². The third kappa shape index (κ3) is 2.83. The third-order valence-corrected chi connectivity index (χ3v) is 2.57. The molecule has 1 heterocycles. The maximum atomic E-state index is 5.81. The van der Waals surface area contributed by atoms with Gasteiger partial charge in [-0.3, -0.25) is 0 Å². The summed E-state index contributed by atoms with van der Waals surface area (Å²) in [5, 5.41) is 0.785. The molecule has 0 aliphatic carbocycles. The van der Waals surface area contributed by atoms with Crippen LogP contribution in [0, 0.1) is 6.92 Å². The summed E-state index contributed by atoms with van der Waals surface area (Å²) in [7, 11) is 0. The Morgan fingerprint density at radius 1 is 1.20 bits per heavy atom. The van der Waals surface area contributed by atoms with E-state index in [1.807, 2.05) is 25.3 Å². The predicted octanol–water partition coefficient (Wildman–Crippen LogP) is 3.16. The lowest BCUT2D eigenvalue weighted by Crippen LogP contribution is -1.93. The number of rotatable bonds is 3. The average molecular weight is 221 g/mol. The predicted molar refractivity (Wildman–Crippen MR) is 62.2 cm³/mol. The molecular weight excluding hydrogens is 208 g/mol. The highest BCUT2D eigenvalue weighted by Gasteiger charge is 1.98.